The van der Waals surface area contributed by atoms with Crippen molar-refractivity contribution in [2.45, 2.75) is 32.2 Å². The van der Waals surface area contributed by atoms with Gasteiger partial charge in [0.15, 0.2) is 0 Å². The second-order valence-corrected chi connectivity index (χ2v) is 6.85. The fourth-order valence-corrected chi connectivity index (χ4v) is 3.85. The zero-order valence-corrected chi connectivity index (χ0v) is 14.8. The molecule has 5 heteroatoms. The molecule has 3 aromatic rings. The zero-order valence-electron chi connectivity index (χ0n) is 14.8. The van der Waals surface area contributed by atoms with Crippen LogP contribution < -0.4 is 4.74 Å². The number of nitrogens with zero attached hydrogens (tertiary/aromatic N) is 3. The molecule has 25 heavy (non-hydrogen) atoms. The van der Waals surface area contributed by atoms with Crippen molar-refractivity contribution >= 4 is 10.9 Å². The van der Waals surface area contributed by atoms with Crippen LogP contribution in [0.3, 0.4) is 0 Å². The van der Waals surface area contributed by atoms with Crippen LogP contribution in [-0.2, 0) is 6.54 Å². The molecule has 1 aliphatic heterocycles. The van der Waals surface area contributed by atoms with Crippen LogP contribution in [0, 0.1) is 6.92 Å². The fraction of sp³-hybridized carbons (Fsp3) is 0.400. The Morgan fingerprint density at radius 2 is 2.24 bits per heavy atom. The highest BCUT2D eigenvalue weighted by Crippen LogP contribution is 2.29. The van der Waals surface area contributed by atoms with Gasteiger partial charge in [-0.25, -0.2) is 9.97 Å². The number of benzene rings is 1. The number of hydrogen-bond acceptors (Lipinski definition) is 4. The number of fused-ring (bicyclic) bond motifs is 1. The number of aromatic amines is 1. The van der Waals surface area contributed by atoms with E-state index in [-0.39, 0.29) is 0 Å². The van der Waals surface area contributed by atoms with E-state index in [9.17, 15) is 0 Å². The first-order valence-corrected chi connectivity index (χ1v) is 8.88. The van der Waals surface area contributed by atoms with E-state index in [0.717, 1.165) is 31.1 Å². The summed E-state index contributed by atoms with van der Waals surface area (Å²) in [4.78, 5) is 14.6. The summed E-state index contributed by atoms with van der Waals surface area (Å²) in [5.74, 6) is 1.41. The molecule has 0 radical (unpaired) electrons. The first-order valence-electron chi connectivity index (χ1n) is 8.88. The quantitative estimate of drug-likeness (QED) is 0.790. The number of nitrogens with one attached hydrogen (secondary N) is 1. The summed E-state index contributed by atoms with van der Waals surface area (Å²) in [5.41, 5.74) is 4.96. The second-order valence-electron chi connectivity index (χ2n) is 6.85. The number of rotatable bonds is 4. The standard InChI is InChI=1S/C20H24N4O/c1-14-17-10-16(25-2)5-6-19(17)23-20(14)12-24-9-3-4-15(11-24)18-7-8-21-13-22-18/h5-8,10,13,15,23H,3-4,9,11-12H2,1-2H3/t15-/m1/s1. The van der Waals surface area contributed by atoms with Gasteiger partial charge in [0, 0.05) is 47.5 Å². The molecule has 0 bridgehead atoms. The van der Waals surface area contributed by atoms with Crippen molar-refractivity contribution in [2.24, 2.45) is 0 Å². The lowest BCUT2D eigenvalue weighted by atomic mass is 9.94. The lowest BCUT2D eigenvalue weighted by molar-refractivity contribution is 0.196. The lowest BCUT2D eigenvalue weighted by Crippen LogP contribution is -2.34. The first kappa shape index (κ1) is 16.1. The molecule has 0 amide bonds. The van der Waals surface area contributed by atoms with Gasteiger partial charge < -0.3 is 9.72 Å². The van der Waals surface area contributed by atoms with Gasteiger partial charge in [0.1, 0.15) is 12.1 Å². The predicted molar refractivity (Wildman–Crippen MR) is 98.9 cm³/mol. The number of aryl methyl sites for hydroxylation is 1. The normalized spacial score (nSPS) is 18.6. The Balaban J connectivity index is 1.53. The molecule has 1 atom stereocenters. The molecule has 5 nitrogen and oxygen atoms in total. The van der Waals surface area contributed by atoms with E-state index in [2.05, 4.69) is 45.0 Å². The van der Waals surface area contributed by atoms with Gasteiger partial charge in [-0.3, -0.25) is 4.90 Å². The number of H-pyrrole nitrogens is 1. The van der Waals surface area contributed by atoms with E-state index < -0.39 is 0 Å². The Hall–Kier alpha value is -2.40. The molecule has 0 aliphatic carbocycles. The largest absolute Gasteiger partial charge is 0.497 e. The molecule has 0 saturated carbocycles. The van der Waals surface area contributed by atoms with Crippen LogP contribution in [0.15, 0.2) is 36.8 Å². The maximum absolute atomic E-state index is 5.36. The molecule has 0 spiro atoms. The van der Waals surface area contributed by atoms with Gasteiger partial charge in [0.05, 0.1) is 7.11 Å². The van der Waals surface area contributed by atoms with E-state index in [1.807, 2.05) is 12.3 Å². The monoisotopic (exact) mass is 336 g/mol. The Bertz CT molecular complexity index is 859. The first-order chi connectivity index (χ1) is 12.2. The van der Waals surface area contributed by atoms with E-state index in [1.54, 1.807) is 13.4 Å². The van der Waals surface area contributed by atoms with Crippen LogP contribution in [0.25, 0.3) is 10.9 Å². The molecule has 3 heterocycles. The summed E-state index contributed by atoms with van der Waals surface area (Å²) >= 11 is 0. The summed E-state index contributed by atoms with van der Waals surface area (Å²) in [6.07, 6.45) is 5.91. The molecule has 4 rings (SSSR count). The van der Waals surface area contributed by atoms with Gasteiger partial charge in [-0.2, -0.15) is 0 Å². The third-order valence-electron chi connectivity index (χ3n) is 5.28. The Morgan fingerprint density at radius 1 is 1.32 bits per heavy atom. The molecular weight excluding hydrogens is 312 g/mol. The summed E-state index contributed by atoms with van der Waals surface area (Å²) in [5, 5.41) is 1.25. The molecule has 1 saturated heterocycles. The molecule has 1 fully saturated rings. The number of ether oxygens (including phenoxy) is 1. The number of methoxy groups -OCH3 is 1. The maximum Gasteiger partial charge on any atom is 0.119 e. The Morgan fingerprint density at radius 3 is 3.04 bits per heavy atom. The summed E-state index contributed by atoms with van der Waals surface area (Å²) in [7, 11) is 1.71. The van der Waals surface area contributed by atoms with Crippen molar-refractivity contribution < 1.29 is 4.74 Å². The minimum Gasteiger partial charge on any atom is -0.497 e. The van der Waals surface area contributed by atoms with Crippen LogP contribution >= 0.6 is 0 Å². The van der Waals surface area contributed by atoms with Crippen LogP contribution in [0.5, 0.6) is 5.75 Å². The average molecular weight is 336 g/mol. The third kappa shape index (κ3) is 3.24. The fourth-order valence-electron chi connectivity index (χ4n) is 3.85. The highest BCUT2D eigenvalue weighted by Gasteiger charge is 2.23. The van der Waals surface area contributed by atoms with Gasteiger partial charge in [-0.1, -0.05) is 0 Å². The summed E-state index contributed by atoms with van der Waals surface area (Å²) in [6, 6.07) is 8.28. The van der Waals surface area contributed by atoms with Gasteiger partial charge >= 0.3 is 0 Å². The molecular formula is C20H24N4O. The number of piperidine rings is 1. The van der Waals surface area contributed by atoms with Crippen LogP contribution in [0.2, 0.25) is 0 Å². The van der Waals surface area contributed by atoms with Crippen molar-refractivity contribution in [2.75, 3.05) is 20.2 Å². The van der Waals surface area contributed by atoms with Crippen molar-refractivity contribution in [3.63, 3.8) is 0 Å². The average Bonchev–Trinajstić information content (AvgIpc) is 2.98. The van der Waals surface area contributed by atoms with E-state index in [1.165, 1.54) is 35.0 Å². The van der Waals surface area contributed by atoms with E-state index in [0.29, 0.717) is 5.92 Å². The Kier molecular flexibility index (Phi) is 4.40. The minimum atomic E-state index is 0.501. The van der Waals surface area contributed by atoms with Gasteiger partial charge in [-0.05, 0) is 56.1 Å². The number of aromatic nitrogens is 3. The molecule has 1 N–H and O–H groups in total. The summed E-state index contributed by atoms with van der Waals surface area (Å²) in [6.45, 7) is 5.33. The second kappa shape index (κ2) is 6.84. The number of likely N-dealkylation sites (tertiary alicyclic amines) is 1. The lowest BCUT2D eigenvalue weighted by Gasteiger charge is -2.32. The molecule has 1 aromatic carbocycles. The predicted octanol–water partition coefficient (Wildman–Crippen LogP) is 3.65. The van der Waals surface area contributed by atoms with Crippen molar-refractivity contribution in [1.82, 2.24) is 19.9 Å². The molecule has 1 aliphatic rings. The smallest absolute Gasteiger partial charge is 0.119 e. The van der Waals surface area contributed by atoms with Crippen molar-refractivity contribution in [1.29, 1.82) is 0 Å². The van der Waals surface area contributed by atoms with Crippen molar-refractivity contribution in [3.8, 4) is 5.75 Å². The van der Waals surface area contributed by atoms with Crippen LogP contribution in [0.1, 0.15) is 35.7 Å². The number of hydrogen-bond donors (Lipinski definition) is 1. The van der Waals surface area contributed by atoms with E-state index >= 15 is 0 Å². The minimum absolute atomic E-state index is 0.501. The van der Waals surface area contributed by atoms with Gasteiger partial charge in [-0.15, -0.1) is 0 Å². The highest BCUT2D eigenvalue weighted by atomic mass is 16.5. The molecule has 2 aromatic heterocycles. The zero-order chi connectivity index (χ0) is 17.2. The SMILES string of the molecule is COc1ccc2[nH]c(CN3CCC[C@@H](c4ccncn4)C3)c(C)c2c1. The van der Waals surface area contributed by atoms with Crippen molar-refractivity contribution in [3.05, 3.63) is 53.7 Å². The molecule has 130 valence electrons. The summed E-state index contributed by atoms with van der Waals surface area (Å²) < 4.78 is 5.36. The molecule has 0 unspecified atom stereocenters. The van der Waals surface area contributed by atoms with E-state index in [4.69, 9.17) is 4.74 Å². The topological polar surface area (TPSA) is 54.0 Å². The van der Waals surface area contributed by atoms with Gasteiger partial charge in [0.25, 0.3) is 0 Å². The highest BCUT2D eigenvalue weighted by molar-refractivity contribution is 5.85. The van der Waals surface area contributed by atoms with Gasteiger partial charge in [0.2, 0.25) is 0 Å². The maximum atomic E-state index is 5.36. The van der Waals surface area contributed by atoms with Crippen LogP contribution in [0.4, 0.5) is 0 Å². The van der Waals surface area contributed by atoms with Crippen LogP contribution in [-0.4, -0.2) is 40.1 Å². The third-order valence-corrected chi connectivity index (χ3v) is 5.28. The Labute approximate surface area is 148 Å².